The Morgan fingerprint density at radius 2 is 1.77 bits per heavy atom. The van der Waals surface area contributed by atoms with Crippen LogP contribution in [-0.2, 0) is 15.3 Å². The highest BCUT2D eigenvalue weighted by atomic mass is 32.2. The number of benzene rings is 2. The summed E-state index contributed by atoms with van der Waals surface area (Å²) in [7, 11) is 4.45. The number of hydrogen-bond acceptors (Lipinski definition) is 6. The number of hydrogen-bond donors (Lipinski definition) is 1. The van der Waals surface area contributed by atoms with Crippen LogP contribution < -0.4 is 14.8 Å². The van der Waals surface area contributed by atoms with Crippen LogP contribution in [-0.4, -0.2) is 39.0 Å². The number of rotatable bonds is 8. The van der Waals surface area contributed by atoms with Crippen molar-refractivity contribution in [2.45, 2.75) is 5.75 Å². The number of anilines is 1. The van der Waals surface area contributed by atoms with Crippen molar-refractivity contribution in [1.29, 1.82) is 0 Å². The molecule has 0 spiro atoms. The molecule has 0 radical (unpaired) electrons. The van der Waals surface area contributed by atoms with Gasteiger partial charge in [0.25, 0.3) is 0 Å². The molecule has 2 aromatic rings. The maximum Gasteiger partial charge on any atom is 0.337 e. The van der Waals surface area contributed by atoms with E-state index >= 15 is 0 Å². The van der Waals surface area contributed by atoms with Gasteiger partial charge >= 0.3 is 5.97 Å². The molecule has 2 rings (SSSR count). The van der Waals surface area contributed by atoms with E-state index in [0.717, 1.165) is 5.56 Å². The van der Waals surface area contributed by atoms with Gasteiger partial charge in [-0.15, -0.1) is 11.8 Å². The van der Waals surface area contributed by atoms with Gasteiger partial charge in [-0.05, 0) is 29.8 Å². The first kappa shape index (κ1) is 19.7. The second-order valence-electron chi connectivity index (χ2n) is 5.30. The quantitative estimate of drug-likeness (QED) is 0.713. The Balaban J connectivity index is 1.87. The lowest BCUT2D eigenvalue weighted by molar-refractivity contribution is -0.113. The zero-order chi connectivity index (χ0) is 18.9. The van der Waals surface area contributed by atoms with Crippen LogP contribution in [0.15, 0.2) is 42.5 Å². The summed E-state index contributed by atoms with van der Waals surface area (Å²) in [6, 6.07) is 12.4. The van der Waals surface area contributed by atoms with Crippen LogP contribution >= 0.6 is 11.8 Å². The number of amides is 1. The Labute approximate surface area is 156 Å². The monoisotopic (exact) mass is 375 g/mol. The minimum atomic E-state index is -0.372. The van der Waals surface area contributed by atoms with Crippen LogP contribution in [0.4, 0.5) is 5.69 Å². The number of methoxy groups -OCH3 is 3. The standard InChI is InChI=1S/C19H21NO5S/c1-23-16-8-7-15(10-17(16)24-2)20-18(21)12-26-11-13-5-4-6-14(9-13)19(22)25-3/h4-10H,11-12H2,1-3H3,(H,20,21). The number of nitrogens with one attached hydrogen (secondary N) is 1. The Hall–Kier alpha value is -2.67. The highest BCUT2D eigenvalue weighted by Gasteiger charge is 2.09. The third-order valence-corrected chi connectivity index (χ3v) is 4.52. The van der Waals surface area contributed by atoms with Crippen molar-refractivity contribution >= 4 is 29.3 Å². The number of carbonyl (C=O) groups excluding carboxylic acids is 2. The van der Waals surface area contributed by atoms with Crippen molar-refractivity contribution in [1.82, 2.24) is 0 Å². The number of carbonyl (C=O) groups is 2. The van der Waals surface area contributed by atoms with Gasteiger partial charge in [0.05, 0.1) is 32.6 Å². The molecule has 0 fully saturated rings. The molecule has 0 aromatic heterocycles. The molecule has 0 aliphatic rings. The van der Waals surface area contributed by atoms with Crippen molar-refractivity contribution in [3.05, 3.63) is 53.6 Å². The fraction of sp³-hybridized carbons (Fsp3) is 0.263. The van der Waals surface area contributed by atoms with Gasteiger partial charge in [0.2, 0.25) is 5.91 Å². The highest BCUT2D eigenvalue weighted by molar-refractivity contribution is 7.99. The fourth-order valence-electron chi connectivity index (χ4n) is 2.28. The minimum Gasteiger partial charge on any atom is -0.493 e. The molecule has 2 aromatic carbocycles. The predicted molar refractivity (Wildman–Crippen MR) is 102 cm³/mol. The van der Waals surface area contributed by atoms with E-state index in [-0.39, 0.29) is 17.6 Å². The Kier molecular flexibility index (Phi) is 7.35. The van der Waals surface area contributed by atoms with E-state index in [9.17, 15) is 9.59 Å². The zero-order valence-electron chi connectivity index (χ0n) is 14.9. The van der Waals surface area contributed by atoms with E-state index in [4.69, 9.17) is 14.2 Å². The molecule has 0 unspecified atom stereocenters. The van der Waals surface area contributed by atoms with Crippen LogP contribution in [0.2, 0.25) is 0 Å². The summed E-state index contributed by atoms with van der Waals surface area (Å²) < 4.78 is 15.1. The van der Waals surface area contributed by atoms with Gasteiger partial charge in [-0.2, -0.15) is 0 Å². The number of esters is 1. The average molecular weight is 375 g/mol. The molecular formula is C19H21NO5S. The van der Waals surface area contributed by atoms with Crippen LogP contribution in [0.5, 0.6) is 11.5 Å². The molecule has 26 heavy (non-hydrogen) atoms. The van der Waals surface area contributed by atoms with Crippen LogP contribution in [0.1, 0.15) is 15.9 Å². The van der Waals surface area contributed by atoms with Crippen LogP contribution in [0, 0.1) is 0 Å². The van der Waals surface area contributed by atoms with Gasteiger partial charge in [-0.3, -0.25) is 4.79 Å². The fourth-order valence-corrected chi connectivity index (χ4v) is 3.05. The topological polar surface area (TPSA) is 73.9 Å². The molecule has 0 saturated heterocycles. The highest BCUT2D eigenvalue weighted by Crippen LogP contribution is 2.29. The van der Waals surface area contributed by atoms with Crippen molar-refractivity contribution in [3.8, 4) is 11.5 Å². The van der Waals surface area contributed by atoms with Crippen molar-refractivity contribution in [3.63, 3.8) is 0 Å². The summed E-state index contributed by atoms with van der Waals surface area (Å²) >= 11 is 1.46. The first-order valence-electron chi connectivity index (χ1n) is 7.84. The predicted octanol–water partition coefficient (Wildman–Crippen LogP) is 3.36. The second-order valence-corrected chi connectivity index (χ2v) is 6.29. The molecule has 6 nitrogen and oxygen atoms in total. The maximum atomic E-state index is 12.1. The van der Waals surface area contributed by atoms with E-state index in [1.807, 2.05) is 6.07 Å². The SMILES string of the molecule is COC(=O)c1cccc(CSCC(=O)Nc2ccc(OC)c(OC)c2)c1. The van der Waals surface area contributed by atoms with Crippen LogP contribution in [0.25, 0.3) is 0 Å². The summed E-state index contributed by atoms with van der Waals surface area (Å²) in [6.45, 7) is 0. The van der Waals surface area contributed by atoms with Gasteiger partial charge in [0.15, 0.2) is 11.5 Å². The van der Waals surface area contributed by atoms with E-state index < -0.39 is 0 Å². The van der Waals surface area contributed by atoms with Crippen LogP contribution in [0.3, 0.4) is 0 Å². The smallest absolute Gasteiger partial charge is 0.337 e. The third kappa shape index (κ3) is 5.42. The maximum absolute atomic E-state index is 12.1. The van der Waals surface area contributed by atoms with E-state index in [1.165, 1.54) is 18.9 Å². The lowest BCUT2D eigenvalue weighted by Gasteiger charge is -2.10. The summed E-state index contributed by atoms with van der Waals surface area (Å²) in [6.07, 6.45) is 0. The summed E-state index contributed by atoms with van der Waals surface area (Å²) in [4.78, 5) is 23.6. The van der Waals surface area contributed by atoms with Gasteiger partial charge < -0.3 is 19.5 Å². The molecule has 0 bridgehead atoms. The average Bonchev–Trinajstić information content (AvgIpc) is 2.67. The van der Waals surface area contributed by atoms with Crippen molar-refractivity contribution in [2.75, 3.05) is 32.4 Å². The number of ether oxygens (including phenoxy) is 3. The summed E-state index contributed by atoms with van der Waals surface area (Å²) in [5, 5.41) is 2.82. The third-order valence-electron chi connectivity index (χ3n) is 3.52. The molecule has 138 valence electrons. The lowest BCUT2D eigenvalue weighted by Crippen LogP contribution is -2.14. The summed E-state index contributed by atoms with van der Waals surface area (Å²) in [5.41, 5.74) is 2.10. The first-order valence-corrected chi connectivity index (χ1v) is 8.99. The van der Waals surface area contributed by atoms with E-state index in [2.05, 4.69) is 5.32 Å². The van der Waals surface area contributed by atoms with Gasteiger partial charge in [0.1, 0.15) is 0 Å². The number of thioether (sulfide) groups is 1. The molecule has 0 saturated carbocycles. The van der Waals surface area contributed by atoms with Crippen molar-refractivity contribution in [2.24, 2.45) is 0 Å². The second kappa shape index (κ2) is 9.72. The van der Waals surface area contributed by atoms with Gasteiger partial charge in [-0.25, -0.2) is 4.79 Å². The molecule has 0 aliphatic heterocycles. The molecule has 1 amide bonds. The van der Waals surface area contributed by atoms with E-state index in [0.29, 0.717) is 28.5 Å². The van der Waals surface area contributed by atoms with Gasteiger partial charge in [-0.1, -0.05) is 12.1 Å². The van der Waals surface area contributed by atoms with E-state index in [1.54, 1.807) is 50.6 Å². The Bertz CT molecular complexity index is 778. The molecule has 0 heterocycles. The molecule has 1 N–H and O–H groups in total. The molecule has 7 heteroatoms. The van der Waals surface area contributed by atoms with Crippen molar-refractivity contribution < 1.29 is 23.8 Å². The first-order chi connectivity index (χ1) is 12.6. The normalized spacial score (nSPS) is 10.1. The molecule has 0 aliphatic carbocycles. The molecule has 0 atom stereocenters. The molecular weight excluding hydrogens is 354 g/mol. The zero-order valence-corrected chi connectivity index (χ0v) is 15.7. The summed E-state index contributed by atoms with van der Waals surface area (Å²) in [5.74, 6) is 1.57. The Morgan fingerprint density at radius 1 is 1.00 bits per heavy atom. The Morgan fingerprint density at radius 3 is 2.46 bits per heavy atom. The lowest BCUT2D eigenvalue weighted by atomic mass is 10.1. The largest absolute Gasteiger partial charge is 0.493 e. The minimum absolute atomic E-state index is 0.119. The van der Waals surface area contributed by atoms with Gasteiger partial charge in [0, 0.05) is 17.5 Å².